The van der Waals surface area contributed by atoms with E-state index in [-0.39, 0.29) is 11.3 Å². The minimum Gasteiger partial charge on any atom is -0.378 e. The average Bonchev–Trinajstić information content (AvgIpc) is 2.85. The first-order chi connectivity index (χ1) is 8.70. The molecular formula is C12H10F2N4. The van der Waals surface area contributed by atoms with E-state index in [4.69, 9.17) is 5.26 Å². The van der Waals surface area contributed by atoms with Gasteiger partial charge in [0.2, 0.25) is 0 Å². The van der Waals surface area contributed by atoms with Crippen LogP contribution >= 0.6 is 0 Å². The number of anilines is 1. The van der Waals surface area contributed by atoms with Crippen molar-refractivity contribution in [2.24, 2.45) is 0 Å². The Bertz CT molecular complexity index is 549. The molecule has 0 bridgehead atoms. The maximum absolute atomic E-state index is 13.5. The smallest absolute Gasteiger partial charge is 0.150 e. The molecule has 92 valence electrons. The number of hydrogen-bond acceptors (Lipinski definition) is 3. The van der Waals surface area contributed by atoms with Gasteiger partial charge in [0.25, 0.3) is 0 Å². The predicted molar refractivity (Wildman–Crippen MR) is 61.8 cm³/mol. The molecule has 0 fully saturated rings. The summed E-state index contributed by atoms with van der Waals surface area (Å²) in [4.78, 5) is 0. The van der Waals surface area contributed by atoms with Crippen LogP contribution in [0.15, 0.2) is 30.6 Å². The lowest BCUT2D eigenvalue weighted by atomic mass is 10.2. The Morgan fingerprint density at radius 3 is 2.61 bits per heavy atom. The van der Waals surface area contributed by atoms with Crippen LogP contribution < -0.4 is 5.32 Å². The molecule has 2 aromatic rings. The minimum absolute atomic E-state index is 0.0392. The van der Waals surface area contributed by atoms with Crippen LogP contribution in [0.2, 0.25) is 0 Å². The third-order valence-corrected chi connectivity index (χ3v) is 2.37. The lowest BCUT2D eigenvalue weighted by Crippen LogP contribution is -2.12. The summed E-state index contributed by atoms with van der Waals surface area (Å²) < 4.78 is 28.6. The third kappa shape index (κ3) is 2.63. The molecule has 0 aliphatic rings. The van der Waals surface area contributed by atoms with Gasteiger partial charge in [0.15, 0.2) is 11.6 Å². The fourth-order valence-corrected chi connectivity index (χ4v) is 1.53. The summed E-state index contributed by atoms with van der Waals surface area (Å²) in [6, 6.07) is 5.46. The number of nitrogens with one attached hydrogen (secondary N) is 1. The molecular weight excluding hydrogens is 238 g/mol. The number of aromatic nitrogens is 2. The maximum Gasteiger partial charge on any atom is 0.150 e. The molecule has 0 saturated carbocycles. The standard InChI is InChI=1S/C12H10F2N4/c13-10-6-9(8-15)7-11(14)12(10)16-3-5-18-4-1-2-17-18/h1-2,4,6-7,16H,3,5H2. The second-order valence-electron chi connectivity index (χ2n) is 3.62. The Morgan fingerprint density at radius 2 is 2.06 bits per heavy atom. The van der Waals surface area contributed by atoms with Gasteiger partial charge in [0.05, 0.1) is 18.2 Å². The zero-order valence-electron chi connectivity index (χ0n) is 9.40. The summed E-state index contributed by atoms with van der Waals surface area (Å²) in [5, 5.41) is 15.2. The molecule has 1 aromatic carbocycles. The van der Waals surface area contributed by atoms with Crippen molar-refractivity contribution in [2.75, 3.05) is 11.9 Å². The quantitative estimate of drug-likeness (QED) is 0.901. The highest BCUT2D eigenvalue weighted by Crippen LogP contribution is 2.20. The van der Waals surface area contributed by atoms with E-state index < -0.39 is 11.6 Å². The Morgan fingerprint density at radius 1 is 1.33 bits per heavy atom. The molecule has 0 aliphatic carbocycles. The van der Waals surface area contributed by atoms with E-state index in [1.165, 1.54) is 0 Å². The van der Waals surface area contributed by atoms with Crippen LogP contribution in [-0.2, 0) is 6.54 Å². The highest BCUT2D eigenvalue weighted by atomic mass is 19.1. The van der Waals surface area contributed by atoms with E-state index in [0.717, 1.165) is 12.1 Å². The van der Waals surface area contributed by atoms with Crippen LogP contribution in [0.5, 0.6) is 0 Å². The summed E-state index contributed by atoms with van der Waals surface area (Å²) >= 11 is 0. The molecule has 1 aromatic heterocycles. The zero-order chi connectivity index (χ0) is 13.0. The van der Waals surface area contributed by atoms with Crippen molar-refractivity contribution in [1.82, 2.24) is 9.78 Å². The average molecular weight is 248 g/mol. The van der Waals surface area contributed by atoms with Crippen LogP contribution in [0.25, 0.3) is 0 Å². The van der Waals surface area contributed by atoms with Gasteiger partial charge in [-0.3, -0.25) is 4.68 Å². The molecule has 0 saturated heterocycles. The molecule has 2 rings (SSSR count). The summed E-state index contributed by atoms with van der Waals surface area (Å²) in [5.41, 5.74) is -0.260. The molecule has 1 N–H and O–H groups in total. The summed E-state index contributed by atoms with van der Waals surface area (Å²) in [7, 11) is 0. The van der Waals surface area contributed by atoms with E-state index in [2.05, 4.69) is 10.4 Å². The van der Waals surface area contributed by atoms with Crippen molar-refractivity contribution in [3.05, 3.63) is 47.8 Å². The first-order valence-corrected chi connectivity index (χ1v) is 5.31. The maximum atomic E-state index is 13.5. The van der Waals surface area contributed by atoms with Crippen LogP contribution in [0.3, 0.4) is 0 Å². The van der Waals surface area contributed by atoms with E-state index >= 15 is 0 Å². The van der Waals surface area contributed by atoms with Crippen LogP contribution in [0, 0.1) is 23.0 Å². The molecule has 6 heteroatoms. The fraction of sp³-hybridized carbons (Fsp3) is 0.167. The minimum atomic E-state index is -0.771. The van der Waals surface area contributed by atoms with Crippen LogP contribution in [0.1, 0.15) is 5.56 Å². The van der Waals surface area contributed by atoms with Gasteiger partial charge in [-0.2, -0.15) is 10.4 Å². The number of benzene rings is 1. The van der Waals surface area contributed by atoms with Gasteiger partial charge in [-0.05, 0) is 18.2 Å². The SMILES string of the molecule is N#Cc1cc(F)c(NCCn2cccn2)c(F)c1. The van der Waals surface area contributed by atoms with E-state index in [0.29, 0.717) is 13.1 Å². The van der Waals surface area contributed by atoms with Gasteiger partial charge < -0.3 is 5.32 Å². The van der Waals surface area contributed by atoms with Crippen molar-refractivity contribution >= 4 is 5.69 Å². The van der Waals surface area contributed by atoms with Crippen molar-refractivity contribution in [3.63, 3.8) is 0 Å². The van der Waals surface area contributed by atoms with Gasteiger partial charge in [-0.1, -0.05) is 0 Å². The monoisotopic (exact) mass is 248 g/mol. The van der Waals surface area contributed by atoms with E-state index in [9.17, 15) is 8.78 Å². The Hall–Kier alpha value is -2.42. The van der Waals surface area contributed by atoms with Gasteiger partial charge in [0, 0.05) is 18.9 Å². The second kappa shape index (κ2) is 5.27. The number of hydrogen-bond donors (Lipinski definition) is 1. The second-order valence-corrected chi connectivity index (χ2v) is 3.62. The normalized spacial score (nSPS) is 10.1. The number of halogens is 2. The Balaban J connectivity index is 2.03. The molecule has 0 amide bonds. The fourth-order valence-electron chi connectivity index (χ4n) is 1.53. The van der Waals surface area contributed by atoms with E-state index in [1.807, 2.05) is 0 Å². The molecule has 0 radical (unpaired) electrons. The third-order valence-electron chi connectivity index (χ3n) is 2.37. The van der Waals surface area contributed by atoms with Crippen LogP contribution in [-0.4, -0.2) is 16.3 Å². The summed E-state index contributed by atoms with van der Waals surface area (Å²) in [6.07, 6.45) is 3.38. The van der Waals surface area contributed by atoms with Crippen LogP contribution in [0.4, 0.5) is 14.5 Å². The largest absolute Gasteiger partial charge is 0.378 e. The van der Waals surface area contributed by atoms with Crippen molar-refractivity contribution in [2.45, 2.75) is 6.54 Å². The predicted octanol–water partition coefficient (Wildman–Crippen LogP) is 2.15. The molecule has 18 heavy (non-hydrogen) atoms. The number of rotatable bonds is 4. The number of nitrogens with zero attached hydrogens (tertiary/aromatic N) is 3. The molecule has 0 unspecified atom stereocenters. The molecule has 0 spiro atoms. The molecule has 0 aliphatic heterocycles. The topological polar surface area (TPSA) is 53.6 Å². The van der Waals surface area contributed by atoms with Gasteiger partial charge >= 0.3 is 0 Å². The summed E-state index contributed by atoms with van der Waals surface area (Å²) in [5.74, 6) is -1.54. The van der Waals surface area contributed by atoms with Gasteiger partial charge in [-0.15, -0.1) is 0 Å². The van der Waals surface area contributed by atoms with Crippen molar-refractivity contribution in [3.8, 4) is 6.07 Å². The molecule has 0 atom stereocenters. The zero-order valence-corrected chi connectivity index (χ0v) is 9.40. The highest BCUT2D eigenvalue weighted by molar-refractivity contribution is 5.50. The first kappa shape index (κ1) is 12.0. The van der Waals surface area contributed by atoms with E-state index in [1.54, 1.807) is 29.2 Å². The summed E-state index contributed by atoms with van der Waals surface area (Å²) in [6.45, 7) is 0.827. The lowest BCUT2D eigenvalue weighted by molar-refractivity contribution is 0.581. The van der Waals surface area contributed by atoms with Gasteiger partial charge in [-0.25, -0.2) is 8.78 Å². The molecule has 1 heterocycles. The first-order valence-electron chi connectivity index (χ1n) is 5.31. The Labute approximate surface area is 102 Å². The molecule has 4 nitrogen and oxygen atoms in total. The van der Waals surface area contributed by atoms with Gasteiger partial charge in [0.1, 0.15) is 5.69 Å². The van der Waals surface area contributed by atoms with Crippen molar-refractivity contribution in [1.29, 1.82) is 5.26 Å². The lowest BCUT2D eigenvalue weighted by Gasteiger charge is -2.09. The van der Waals surface area contributed by atoms with Crippen molar-refractivity contribution < 1.29 is 8.78 Å². The Kier molecular flexibility index (Phi) is 3.53. The number of nitriles is 1. The highest BCUT2D eigenvalue weighted by Gasteiger charge is 2.10.